The number of nitrogens with one attached hydrogen (secondary N) is 3. The Labute approximate surface area is 292 Å². The standard InChI is InChI=1S/C32H39N5O5.C4H11N.C2H6/c1-32(2,3)21-13-20(15-28(38)33-4)27(41-7)17-22(16-21)36-31(40)25-14-19-9-8-10-26(29(19)37(25)6)42-23-11-12-35-24(18-23)30(39)34-5;1-4-5(2)3;1-2/h8-14,16,18,22,27H,15,17H2,1-7H3,(H,33,38)(H,34,39)(H,36,40);4H2,1-3H3;1-2H3. The number of methoxy groups -OCH3 is 1. The van der Waals surface area contributed by atoms with Gasteiger partial charge in [0.2, 0.25) is 5.91 Å². The van der Waals surface area contributed by atoms with Crippen molar-refractivity contribution in [3.8, 4) is 11.5 Å². The fourth-order valence-corrected chi connectivity index (χ4v) is 5.04. The lowest BCUT2D eigenvalue weighted by molar-refractivity contribution is -0.120. The van der Waals surface area contributed by atoms with Crippen LogP contribution in [0.1, 0.15) is 75.4 Å². The van der Waals surface area contributed by atoms with Crippen LogP contribution in [0.25, 0.3) is 10.9 Å². The summed E-state index contributed by atoms with van der Waals surface area (Å²) in [6.45, 7) is 13.6. The number of aromatic nitrogens is 2. The van der Waals surface area contributed by atoms with E-state index in [1.807, 2.05) is 51.2 Å². The summed E-state index contributed by atoms with van der Waals surface area (Å²) < 4.78 is 13.8. The lowest BCUT2D eigenvalue weighted by atomic mass is 9.84. The number of hydrogen-bond donors (Lipinski definition) is 3. The number of para-hydroxylation sites is 1. The van der Waals surface area contributed by atoms with Gasteiger partial charge in [0.05, 0.1) is 24.1 Å². The number of rotatable bonds is 9. The minimum Gasteiger partial charge on any atom is -0.455 e. The van der Waals surface area contributed by atoms with Crippen molar-refractivity contribution in [2.24, 2.45) is 12.5 Å². The van der Waals surface area contributed by atoms with E-state index >= 15 is 0 Å². The van der Waals surface area contributed by atoms with Gasteiger partial charge in [-0.05, 0) is 55.4 Å². The van der Waals surface area contributed by atoms with Crippen LogP contribution in [-0.2, 0) is 16.6 Å². The Hall–Kier alpha value is -4.48. The van der Waals surface area contributed by atoms with Crippen molar-refractivity contribution < 1.29 is 23.9 Å². The zero-order chi connectivity index (χ0) is 36.9. The monoisotopic (exact) mass is 676 g/mol. The summed E-state index contributed by atoms with van der Waals surface area (Å²) in [7, 11) is 10.7. The quantitative estimate of drug-likeness (QED) is 0.259. The number of nitrogens with zero attached hydrogens (tertiary/aromatic N) is 3. The van der Waals surface area contributed by atoms with Crippen molar-refractivity contribution in [2.75, 3.05) is 41.8 Å². The molecule has 1 aliphatic rings. The van der Waals surface area contributed by atoms with E-state index in [1.54, 1.807) is 37.9 Å². The van der Waals surface area contributed by atoms with Gasteiger partial charge in [-0.2, -0.15) is 0 Å². The normalized spacial score (nSPS) is 15.8. The largest absolute Gasteiger partial charge is 0.455 e. The maximum Gasteiger partial charge on any atom is 0.269 e. The second-order valence-electron chi connectivity index (χ2n) is 12.7. The average molecular weight is 677 g/mol. The zero-order valence-corrected chi connectivity index (χ0v) is 31.4. The second-order valence-corrected chi connectivity index (χ2v) is 12.7. The lowest BCUT2D eigenvalue weighted by Gasteiger charge is -2.23. The lowest BCUT2D eigenvalue weighted by Crippen LogP contribution is -2.37. The first-order chi connectivity index (χ1) is 23.2. The second kappa shape index (κ2) is 18.9. The van der Waals surface area contributed by atoms with Crippen molar-refractivity contribution in [1.82, 2.24) is 30.4 Å². The molecule has 0 fully saturated rings. The summed E-state index contributed by atoms with van der Waals surface area (Å²) in [6, 6.07) is 10.3. The molecule has 1 aromatic carbocycles. The van der Waals surface area contributed by atoms with Gasteiger partial charge in [0.25, 0.3) is 11.8 Å². The number of amides is 3. The summed E-state index contributed by atoms with van der Waals surface area (Å²) >= 11 is 0. The predicted octanol–water partition coefficient (Wildman–Crippen LogP) is 5.87. The summed E-state index contributed by atoms with van der Waals surface area (Å²) in [5.74, 6) is 0.335. The Morgan fingerprint density at radius 2 is 1.71 bits per heavy atom. The third-order valence-electron chi connectivity index (χ3n) is 8.02. The molecule has 268 valence electrons. The molecule has 2 heterocycles. The Morgan fingerprint density at radius 3 is 2.29 bits per heavy atom. The molecular formula is C38H56N6O5. The van der Waals surface area contributed by atoms with Crippen LogP contribution in [0.4, 0.5) is 0 Å². The Kier molecular flexibility index (Phi) is 15.7. The molecule has 0 aliphatic heterocycles. The van der Waals surface area contributed by atoms with Gasteiger partial charge in [0.1, 0.15) is 17.1 Å². The van der Waals surface area contributed by atoms with Crippen molar-refractivity contribution in [2.45, 2.75) is 66.5 Å². The van der Waals surface area contributed by atoms with Gasteiger partial charge < -0.3 is 34.9 Å². The number of pyridine rings is 1. The van der Waals surface area contributed by atoms with E-state index in [9.17, 15) is 14.4 Å². The van der Waals surface area contributed by atoms with Crippen LogP contribution in [0.5, 0.6) is 11.5 Å². The number of aryl methyl sites for hydroxylation is 1. The van der Waals surface area contributed by atoms with Crippen LogP contribution < -0.4 is 20.7 Å². The number of allylic oxidation sites excluding steroid dienone is 2. The highest BCUT2D eigenvalue weighted by atomic mass is 16.5. The number of benzene rings is 1. The van der Waals surface area contributed by atoms with Crippen molar-refractivity contribution in [3.63, 3.8) is 0 Å². The number of carbonyl (C=O) groups is 3. The molecule has 0 saturated carbocycles. The number of ether oxygens (including phenoxy) is 2. The molecule has 2 unspecified atom stereocenters. The molecule has 4 rings (SSSR count). The third kappa shape index (κ3) is 11.3. The Balaban J connectivity index is 0.00000109. The molecule has 11 nitrogen and oxygen atoms in total. The number of carbonyl (C=O) groups excluding carboxylic acids is 3. The molecular weight excluding hydrogens is 620 g/mol. The fourth-order valence-electron chi connectivity index (χ4n) is 5.04. The number of hydrogen-bond acceptors (Lipinski definition) is 7. The van der Waals surface area contributed by atoms with Crippen molar-refractivity contribution in [3.05, 3.63) is 77.3 Å². The highest BCUT2D eigenvalue weighted by molar-refractivity contribution is 6.00. The molecule has 0 saturated heterocycles. The average Bonchev–Trinajstić information content (AvgIpc) is 3.32. The molecule has 2 aromatic heterocycles. The van der Waals surface area contributed by atoms with Gasteiger partial charge in [0, 0.05) is 52.3 Å². The molecule has 0 bridgehead atoms. The summed E-state index contributed by atoms with van der Waals surface area (Å²) in [6.07, 6.45) is 5.97. The first kappa shape index (κ1) is 40.7. The van der Waals surface area contributed by atoms with E-state index in [0.29, 0.717) is 23.6 Å². The van der Waals surface area contributed by atoms with Crippen LogP contribution >= 0.6 is 0 Å². The molecule has 3 amide bonds. The maximum atomic E-state index is 13.7. The Morgan fingerprint density at radius 1 is 1.04 bits per heavy atom. The van der Waals surface area contributed by atoms with Crippen LogP contribution in [0.2, 0.25) is 0 Å². The van der Waals surface area contributed by atoms with E-state index in [4.69, 9.17) is 9.47 Å². The molecule has 11 heteroatoms. The molecule has 0 spiro atoms. The predicted molar refractivity (Wildman–Crippen MR) is 197 cm³/mol. The van der Waals surface area contributed by atoms with Crippen molar-refractivity contribution in [1.29, 1.82) is 0 Å². The molecule has 3 N–H and O–H groups in total. The maximum absolute atomic E-state index is 13.7. The van der Waals surface area contributed by atoms with Gasteiger partial charge in [0.15, 0.2) is 5.75 Å². The van der Waals surface area contributed by atoms with E-state index in [1.165, 1.54) is 6.20 Å². The summed E-state index contributed by atoms with van der Waals surface area (Å²) in [5.41, 5.74) is 3.11. The highest BCUT2D eigenvalue weighted by Gasteiger charge is 2.29. The van der Waals surface area contributed by atoms with Crippen LogP contribution in [0.3, 0.4) is 0 Å². The minimum atomic E-state index is -0.337. The zero-order valence-electron chi connectivity index (χ0n) is 31.4. The third-order valence-corrected chi connectivity index (χ3v) is 8.02. The molecule has 0 radical (unpaired) electrons. The molecule has 2 atom stereocenters. The first-order valence-electron chi connectivity index (χ1n) is 16.8. The minimum absolute atomic E-state index is 0.0933. The van der Waals surface area contributed by atoms with Gasteiger partial charge in [-0.1, -0.05) is 65.8 Å². The van der Waals surface area contributed by atoms with Gasteiger partial charge in [-0.3, -0.25) is 19.4 Å². The number of fused-ring (bicyclic) bond motifs is 1. The smallest absolute Gasteiger partial charge is 0.269 e. The summed E-state index contributed by atoms with van der Waals surface area (Å²) in [4.78, 5) is 44.2. The van der Waals surface area contributed by atoms with E-state index in [2.05, 4.69) is 73.7 Å². The Bertz CT molecular complexity index is 1630. The SMILES string of the molecule is CC.CCN(C)C.CNC(=O)CC1=CC(C(C)(C)C)=CC(NC(=O)c2cc3cccc(Oc4ccnc(C(=O)NC)c4)c3n2C)CC1OC. The van der Waals surface area contributed by atoms with E-state index < -0.39 is 0 Å². The van der Waals surface area contributed by atoms with Crippen LogP contribution in [0, 0.1) is 5.41 Å². The van der Waals surface area contributed by atoms with Gasteiger partial charge in [-0.25, -0.2) is 0 Å². The van der Waals surface area contributed by atoms with Gasteiger partial charge in [-0.15, -0.1) is 0 Å². The highest BCUT2D eigenvalue weighted by Crippen LogP contribution is 2.34. The fraction of sp³-hybridized carbons (Fsp3) is 0.474. The topological polar surface area (TPSA) is 127 Å². The van der Waals surface area contributed by atoms with Crippen LogP contribution in [0.15, 0.2) is 65.9 Å². The van der Waals surface area contributed by atoms with Crippen molar-refractivity contribution >= 4 is 28.6 Å². The van der Waals surface area contributed by atoms with Crippen LogP contribution in [-0.4, -0.2) is 86.2 Å². The molecule has 49 heavy (non-hydrogen) atoms. The molecule has 1 aliphatic carbocycles. The molecule has 3 aromatic rings. The van der Waals surface area contributed by atoms with Gasteiger partial charge >= 0.3 is 0 Å². The van der Waals surface area contributed by atoms with E-state index in [-0.39, 0.29) is 47.4 Å². The van der Waals surface area contributed by atoms with E-state index in [0.717, 1.165) is 28.6 Å². The first-order valence-corrected chi connectivity index (χ1v) is 16.8. The summed E-state index contributed by atoms with van der Waals surface area (Å²) in [5, 5.41) is 9.26.